The van der Waals surface area contributed by atoms with Crippen LogP contribution in [0, 0.1) is 0 Å². The fraction of sp³-hybridized carbons (Fsp3) is 0.143. The molecule has 0 atom stereocenters. The molecule has 25 heavy (non-hydrogen) atoms. The predicted molar refractivity (Wildman–Crippen MR) is 98.1 cm³/mol. The zero-order chi connectivity index (χ0) is 18.2. The van der Waals surface area contributed by atoms with Crippen LogP contribution >= 0.6 is 23.2 Å². The molecule has 1 N–H and O–H groups in total. The summed E-state index contributed by atoms with van der Waals surface area (Å²) in [6, 6.07) is 3.41. The Morgan fingerprint density at radius 3 is 2.56 bits per heavy atom. The highest BCUT2D eigenvalue weighted by atomic mass is 35.5. The molecule has 0 aliphatic heterocycles. The van der Waals surface area contributed by atoms with Gasteiger partial charge in [-0.15, -0.1) is 0 Å². The van der Waals surface area contributed by atoms with E-state index in [2.05, 4.69) is 24.7 Å². The van der Waals surface area contributed by atoms with E-state index in [-0.39, 0.29) is 16.0 Å². The number of nitrogens with zero attached hydrogens (tertiary/aromatic N) is 5. The minimum atomic E-state index is -3.56. The number of rotatable bonds is 4. The minimum Gasteiger partial charge on any atom is -0.326 e. The summed E-state index contributed by atoms with van der Waals surface area (Å²) in [5, 5.41) is 0.279. The van der Waals surface area contributed by atoms with Gasteiger partial charge in [-0.2, -0.15) is 4.98 Å². The molecule has 11 heteroatoms. The molecule has 2 heterocycles. The first-order valence-corrected chi connectivity index (χ1v) is 9.54. The van der Waals surface area contributed by atoms with E-state index in [4.69, 9.17) is 23.2 Å². The summed E-state index contributed by atoms with van der Waals surface area (Å²) in [5.41, 5.74) is 1.68. The molecule has 8 nitrogen and oxygen atoms in total. The van der Waals surface area contributed by atoms with Gasteiger partial charge < -0.3 is 4.90 Å². The van der Waals surface area contributed by atoms with Crippen LogP contribution in [0.2, 0.25) is 10.3 Å². The zero-order valence-electron chi connectivity index (χ0n) is 13.1. The molecule has 3 aromatic rings. The van der Waals surface area contributed by atoms with E-state index in [1.54, 1.807) is 24.1 Å². The molecule has 0 bridgehead atoms. The Labute approximate surface area is 153 Å². The molecule has 1 aromatic carbocycles. The van der Waals surface area contributed by atoms with Gasteiger partial charge >= 0.3 is 0 Å². The second-order valence-electron chi connectivity index (χ2n) is 5.13. The Bertz CT molecular complexity index is 1060. The third-order valence-corrected chi connectivity index (χ3v) is 4.30. The van der Waals surface area contributed by atoms with Gasteiger partial charge in [0.05, 0.1) is 23.7 Å². The van der Waals surface area contributed by atoms with Crippen molar-refractivity contribution >= 4 is 61.5 Å². The van der Waals surface area contributed by atoms with Crippen molar-refractivity contribution in [3.63, 3.8) is 0 Å². The Hall–Kier alpha value is -2.23. The molecule has 130 valence electrons. The minimum absolute atomic E-state index is 0.0180. The number of anilines is 3. The number of aromatic nitrogens is 4. The van der Waals surface area contributed by atoms with E-state index in [0.29, 0.717) is 22.5 Å². The summed E-state index contributed by atoms with van der Waals surface area (Å²) in [4.78, 5) is 17.9. The highest BCUT2D eigenvalue weighted by molar-refractivity contribution is 7.92. The van der Waals surface area contributed by atoms with Crippen molar-refractivity contribution in [1.82, 2.24) is 19.9 Å². The number of sulfonamides is 1. The number of benzene rings is 1. The van der Waals surface area contributed by atoms with Crippen LogP contribution in [0.5, 0.6) is 0 Å². The fourth-order valence-electron chi connectivity index (χ4n) is 2.28. The summed E-state index contributed by atoms with van der Waals surface area (Å²) >= 11 is 12.0. The Morgan fingerprint density at radius 2 is 1.84 bits per heavy atom. The maximum absolute atomic E-state index is 11.8. The van der Waals surface area contributed by atoms with Gasteiger partial charge in [0, 0.05) is 19.4 Å². The smallest absolute Gasteiger partial charge is 0.229 e. The molecule has 2 aromatic heterocycles. The number of hydrogen-bond acceptors (Lipinski definition) is 7. The first-order chi connectivity index (χ1) is 11.8. The van der Waals surface area contributed by atoms with Crippen molar-refractivity contribution in [2.45, 2.75) is 0 Å². The first-order valence-electron chi connectivity index (χ1n) is 6.89. The molecule has 0 spiro atoms. The van der Waals surface area contributed by atoms with Gasteiger partial charge in [-0.3, -0.25) is 14.7 Å². The lowest BCUT2D eigenvalue weighted by Gasteiger charge is -2.23. The van der Waals surface area contributed by atoms with Crippen molar-refractivity contribution < 1.29 is 8.42 Å². The number of nitrogens with one attached hydrogen (secondary N) is 1. The van der Waals surface area contributed by atoms with Gasteiger partial charge in [-0.05, 0) is 23.7 Å². The lowest BCUT2D eigenvalue weighted by Crippen LogP contribution is -2.18. The van der Waals surface area contributed by atoms with Crippen LogP contribution in [-0.2, 0) is 10.0 Å². The van der Waals surface area contributed by atoms with Crippen molar-refractivity contribution in [1.29, 1.82) is 0 Å². The maximum atomic E-state index is 11.8. The number of fused-ring (bicyclic) bond motifs is 1. The monoisotopic (exact) mass is 398 g/mol. The van der Waals surface area contributed by atoms with E-state index in [0.717, 1.165) is 6.26 Å². The molecule has 0 amide bonds. The molecule has 0 saturated heterocycles. The standard InChI is InChI=1S/C14H12Cl2N6O2S/c1-22(13-8(15)7-19-14(16)20-13)10-4-3-9-11(18-6-5-17-9)12(10)21-25(2,23)24/h3-7,21H,1-2H3. The van der Waals surface area contributed by atoms with Crippen LogP contribution in [0.15, 0.2) is 30.7 Å². The maximum Gasteiger partial charge on any atom is 0.229 e. The molecule has 0 radical (unpaired) electrons. The van der Waals surface area contributed by atoms with Crippen LogP contribution in [-0.4, -0.2) is 41.7 Å². The summed E-state index contributed by atoms with van der Waals surface area (Å²) < 4.78 is 26.1. The Balaban J connectivity index is 2.24. The van der Waals surface area contributed by atoms with Crippen LogP contribution in [0.1, 0.15) is 0 Å². The Morgan fingerprint density at radius 1 is 1.12 bits per heavy atom. The van der Waals surface area contributed by atoms with E-state index < -0.39 is 10.0 Å². The van der Waals surface area contributed by atoms with Crippen LogP contribution in [0.3, 0.4) is 0 Å². The van der Waals surface area contributed by atoms with Crippen molar-refractivity contribution in [3.05, 3.63) is 41.0 Å². The van der Waals surface area contributed by atoms with Gasteiger partial charge in [0.2, 0.25) is 15.3 Å². The van der Waals surface area contributed by atoms with E-state index in [1.807, 2.05) is 0 Å². The average molecular weight is 399 g/mol. The largest absolute Gasteiger partial charge is 0.326 e. The normalized spacial score (nSPS) is 11.5. The molecule has 0 aliphatic rings. The third-order valence-electron chi connectivity index (χ3n) is 3.28. The van der Waals surface area contributed by atoms with Crippen molar-refractivity contribution in [2.75, 3.05) is 22.9 Å². The second-order valence-corrected chi connectivity index (χ2v) is 7.62. The number of hydrogen-bond donors (Lipinski definition) is 1. The molecule has 0 fully saturated rings. The lowest BCUT2D eigenvalue weighted by molar-refractivity contribution is 0.607. The lowest BCUT2D eigenvalue weighted by atomic mass is 10.2. The summed E-state index contributed by atoms with van der Waals surface area (Å²) in [6.45, 7) is 0. The topological polar surface area (TPSA) is 101 Å². The SMILES string of the molecule is CN(c1ccc2nccnc2c1NS(C)(=O)=O)c1nc(Cl)ncc1Cl. The van der Waals surface area contributed by atoms with E-state index in [1.165, 1.54) is 18.6 Å². The van der Waals surface area contributed by atoms with Crippen molar-refractivity contribution in [3.8, 4) is 0 Å². The Kier molecular flexibility index (Phi) is 4.63. The first kappa shape index (κ1) is 17.6. The fourth-order valence-corrected chi connectivity index (χ4v) is 3.20. The van der Waals surface area contributed by atoms with Gasteiger partial charge in [0.1, 0.15) is 16.2 Å². The van der Waals surface area contributed by atoms with Gasteiger partial charge in [-0.25, -0.2) is 13.4 Å². The predicted octanol–water partition coefficient (Wildman–Crippen LogP) is 2.87. The quantitative estimate of drug-likeness (QED) is 0.673. The van der Waals surface area contributed by atoms with Crippen LogP contribution in [0.4, 0.5) is 17.2 Å². The second kappa shape index (κ2) is 6.58. The van der Waals surface area contributed by atoms with Crippen LogP contribution in [0.25, 0.3) is 11.0 Å². The third kappa shape index (κ3) is 3.73. The zero-order valence-corrected chi connectivity index (χ0v) is 15.4. The summed E-state index contributed by atoms with van der Waals surface area (Å²) in [6.07, 6.45) is 5.43. The molecule has 0 unspecified atom stereocenters. The van der Waals surface area contributed by atoms with E-state index >= 15 is 0 Å². The molecule has 0 saturated carbocycles. The highest BCUT2D eigenvalue weighted by Crippen LogP contribution is 2.37. The van der Waals surface area contributed by atoms with Crippen LogP contribution < -0.4 is 9.62 Å². The van der Waals surface area contributed by atoms with Gasteiger partial charge in [0.25, 0.3) is 0 Å². The molecular weight excluding hydrogens is 387 g/mol. The van der Waals surface area contributed by atoms with E-state index in [9.17, 15) is 8.42 Å². The average Bonchev–Trinajstić information content (AvgIpc) is 2.55. The van der Waals surface area contributed by atoms with Crippen molar-refractivity contribution in [2.24, 2.45) is 0 Å². The van der Waals surface area contributed by atoms with Gasteiger partial charge in [-0.1, -0.05) is 11.6 Å². The molecule has 3 rings (SSSR count). The summed E-state index contributed by atoms with van der Waals surface area (Å²) in [7, 11) is -1.89. The highest BCUT2D eigenvalue weighted by Gasteiger charge is 2.20. The summed E-state index contributed by atoms with van der Waals surface area (Å²) in [5.74, 6) is 0.321. The molecular formula is C14H12Cl2N6O2S. The van der Waals surface area contributed by atoms with Gasteiger partial charge in [0.15, 0.2) is 5.82 Å². The molecule has 0 aliphatic carbocycles. The number of halogens is 2.